The Bertz CT molecular complexity index is 781. The first-order chi connectivity index (χ1) is 12.1. The summed E-state index contributed by atoms with van der Waals surface area (Å²) >= 11 is 0. The Morgan fingerprint density at radius 3 is 1.88 bits per heavy atom. The fourth-order valence-corrected chi connectivity index (χ4v) is 3.29. The monoisotopic (exact) mass is 331 g/mol. The van der Waals surface area contributed by atoms with Crippen molar-refractivity contribution in [2.45, 2.75) is 24.4 Å². The highest BCUT2D eigenvalue weighted by atomic mass is 15.0. The molecule has 0 aliphatic heterocycles. The summed E-state index contributed by atoms with van der Waals surface area (Å²) < 4.78 is 0. The molecule has 0 aliphatic carbocycles. The van der Waals surface area contributed by atoms with Gasteiger partial charge in [-0.3, -0.25) is 0 Å². The molecule has 25 heavy (non-hydrogen) atoms. The van der Waals surface area contributed by atoms with Gasteiger partial charge in [0.15, 0.2) is 0 Å². The van der Waals surface area contributed by atoms with E-state index in [9.17, 15) is 0 Å². The molecule has 0 bridgehead atoms. The smallest absolute Gasteiger partial charge is 0.0969 e. The summed E-state index contributed by atoms with van der Waals surface area (Å²) in [7, 11) is 0. The average molecular weight is 331 g/mol. The van der Waals surface area contributed by atoms with Crippen LogP contribution >= 0.6 is 0 Å². The lowest BCUT2D eigenvalue weighted by Gasteiger charge is -2.35. The van der Waals surface area contributed by atoms with Crippen LogP contribution in [-0.2, 0) is 12.1 Å². The molecule has 3 heteroatoms. The quantitative estimate of drug-likeness (QED) is 0.475. The van der Waals surface area contributed by atoms with Crippen LogP contribution in [0.1, 0.15) is 29.0 Å². The molecule has 0 aliphatic rings. The molecule has 0 amide bonds. The first-order valence-corrected chi connectivity index (χ1v) is 8.60. The zero-order chi connectivity index (χ0) is 17.7. The summed E-state index contributed by atoms with van der Waals surface area (Å²) in [5.41, 5.74) is 22.3. The van der Waals surface area contributed by atoms with E-state index in [4.69, 9.17) is 17.2 Å². The number of nitrogens with two attached hydrogens (primary N) is 3. The SMILES string of the molecule is Nc1ccc(CCC(c2ccccc2)C(N)(N)c2ccccc2)cc1. The van der Waals surface area contributed by atoms with E-state index < -0.39 is 5.66 Å². The van der Waals surface area contributed by atoms with Gasteiger partial charge in [0.1, 0.15) is 0 Å². The fraction of sp³-hybridized carbons (Fsp3) is 0.182. The van der Waals surface area contributed by atoms with Crippen LogP contribution in [0, 0.1) is 0 Å². The lowest BCUT2D eigenvalue weighted by Crippen LogP contribution is -2.51. The molecule has 0 fully saturated rings. The largest absolute Gasteiger partial charge is 0.399 e. The fourth-order valence-electron chi connectivity index (χ4n) is 3.29. The van der Waals surface area contributed by atoms with Gasteiger partial charge in [0.2, 0.25) is 0 Å². The Morgan fingerprint density at radius 1 is 0.720 bits per heavy atom. The molecule has 3 aromatic carbocycles. The van der Waals surface area contributed by atoms with E-state index in [1.54, 1.807) is 0 Å². The van der Waals surface area contributed by atoms with Gasteiger partial charge in [0.05, 0.1) is 5.66 Å². The number of rotatable bonds is 6. The number of anilines is 1. The summed E-state index contributed by atoms with van der Waals surface area (Å²) in [5, 5.41) is 0. The molecule has 0 radical (unpaired) electrons. The van der Waals surface area contributed by atoms with Gasteiger partial charge in [-0.1, -0.05) is 72.8 Å². The minimum Gasteiger partial charge on any atom is -0.399 e. The van der Waals surface area contributed by atoms with Crippen LogP contribution in [0.4, 0.5) is 5.69 Å². The van der Waals surface area contributed by atoms with Crippen molar-refractivity contribution in [1.29, 1.82) is 0 Å². The highest BCUT2D eigenvalue weighted by Crippen LogP contribution is 2.34. The van der Waals surface area contributed by atoms with Gasteiger partial charge < -0.3 is 17.2 Å². The Balaban J connectivity index is 1.89. The number of hydrogen-bond acceptors (Lipinski definition) is 3. The van der Waals surface area contributed by atoms with Gasteiger partial charge in [0.25, 0.3) is 0 Å². The molecule has 0 saturated heterocycles. The summed E-state index contributed by atoms with van der Waals surface area (Å²) in [4.78, 5) is 0. The molecular weight excluding hydrogens is 306 g/mol. The van der Waals surface area contributed by atoms with Crippen LogP contribution in [-0.4, -0.2) is 0 Å². The van der Waals surface area contributed by atoms with Crippen LogP contribution in [0.5, 0.6) is 0 Å². The van der Waals surface area contributed by atoms with Crippen molar-refractivity contribution in [1.82, 2.24) is 0 Å². The predicted molar refractivity (Wildman–Crippen MR) is 105 cm³/mol. The molecule has 128 valence electrons. The standard InChI is InChI=1S/C22H25N3/c23-20-14-11-17(12-15-20)13-16-21(18-7-3-1-4-8-18)22(24,25)19-9-5-2-6-10-19/h1-12,14-15,21H,13,16,23-25H2. The Kier molecular flexibility index (Phi) is 5.17. The second-order valence-corrected chi connectivity index (χ2v) is 6.54. The molecule has 0 aromatic heterocycles. The van der Waals surface area contributed by atoms with E-state index in [1.807, 2.05) is 60.7 Å². The molecule has 0 saturated carbocycles. The summed E-state index contributed by atoms with van der Waals surface area (Å²) in [6.07, 6.45) is 1.75. The van der Waals surface area contributed by atoms with Crippen LogP contribution < -0.4 is 17.2 Å². The van der Waals surface area contributed by atoms with Crippen molar-refractivity contribution in [3.63, 3.8) is 0 Å². The maximum absolute atomic E-state index is 6.66. The zero-order valence-corrected chi connectivity index (χ0v) is 14.3. The molecule has 1 unspecified atom stereocenters. The van der Waals surface area contributed by atoms with E-state index >= 15 is 0 Å². The number of hydrogen-bond donors (Lipinski definition) is 3. The number of benzene rings is 3. The Labute approximate surface area is 149 Å². The molecular formula is C22H25N3. The van der Waals surface area contributed by atoms with Crippen LogP contribution in [0.25, 0.3) is 0 Å². The van der Waals surface area contributed by atoms with Gasteiger partial charge in [-0.2, -0.15) is 0 Å². The van der Waals surface area contributed by atoms with Crippen LogP contribution in [0.2, 0.25) is 0 Å². The van der Waals surface area contributed by atoms with Crippen molar-refractivity contribution in [3.05, 3.63) is 102 Å². The van der Waals surface area contributed by atoms with Crippen molar-refractivity contribution in [3.8, 4) is 0 Å². The number of nitrogen functional groups attached to an aromatic ring is 1. The summed E-state index contributed by atoms with van der Waals surface area (Å²) in [6, 6.07) is 28.2. The molecule has 3 aromatic rings. The van der Waals surface area contributed by atoms with Gasteiger partial charge >= 0.3 is 0 Å². The third-order valence-corrected chi connectivity index (χ3v) is 4.75. The maximum atomic E-state index is 6.66. The predicted octanol–water partition coefficient (Wildman–Crippen LogP) is 3.76. The highest BCUT2D eigenvalue weighted by molar-refractivity contribution is 5.39. The first-order valence-electron chi connectivity index (χ1n) is 8.60. The molecule has 6 N–H and O–H groups in total. The zero-order valence-electron chi connectivity index (χ0n) is 14.3. The van der Waals surface area contributed by atoms with Crippen molar-refractivity contribution in [2.75, 3.05) is 5.73 Å². The van der Waals surface area contributed by atoms with Crippen molar-refractivity contribution >= 4 is 5.69 Å². The van der Waals surface area contributed by atoms with E-state index in [1.165, 1.54) is 5.56 Å². The van der Waals surface area contributed by atoms with E-state index in [-0.39, 0.29) is 5.92 Å². The third kappa shape index (κ3) is 4.08. The maximum Gasteiger partial charge on any atom is 0.0969 e. The van der Waals surface area contributed by atoms with E-state index in [2.05, 4.69) is 24.3 Å². The molecule has 0 heterocycles. The van der Waals surface area contributed by atoms with Gasteiger partial charge in [0, 0.05) is 11.6 Å². The minimum atomic E-state index is -0.934. The summed E-state index contributed by atoms with van der Waals surface area (Å²) in [5.74, 6) is 0.00801. The topological polar surface area (TPSA) is 78.1 Å². The second kappa shape index (κ2) is 7.51. The second-order valence-electron chi connectivity index (χ2n) is 6.54. The summed E-state index contributed by atoms with van der Waals surface area (Å²) in [6.45, 7) is 0. The lowest BCUT2D eigenvalue weighted by molar-refractivity contribution is 0.348. The minimum absolute atomic E-state index is 0.00801. The van der Waals surface area contributed by atoms with Gasteiger partial charge in [-0.15, -0.1) is 0 Å². The molecule has 1 atom stereocenters. The third-order valence-electron chi connectivity index (χ3n) is 4.75. The van der Waals surface area contributed by atoms with Crippen molar-refractivity contribution < 1.29 is 0 Å². The Hall–Kier alpha value is -2.62. The van der Waals surface area contributed by atoms with E-state index in [0.717, 1.165) is 29.7 Å². The normalized spacial score (nSPS) is 12.7. The van der Waals surface area contributed by atoms with Gasteiger partial charge in [-0.05, 0) is 41.7 Å². The number of aryl methyl sites for hydroxylation is 1. The molecule has 3 nitrogen and oxygen atoms in total. The first kappa shape index (κ1) is 17.2. The van der Waals surface area contributed by atoms with Crippen LogP contribution in [0.15, 0.2) is 84.9 Å². The van der Waals surface area contributed by atoms with Crippen molar-refractivity contribution in [2.24, 2.45) is 11.5 Å². The Morgan fingerprint density at radius 2 is 1.28 bits per heavy atom. The van der Waals surface area contributed by atoms with Gasteiger partial charge in [-0.25, -0.2) is 0 Å². The van der Waals surface area contributed by atoms with Crippen LogP contribution in [0.3, 0.4) is 0 Å². The molecule has 0 spiro atoms. The highest BCUT2D eigenvalue weighted by Gasteiger charge is 2.33. The van der Waals surface area contributed by atoms with E-state index in [0.29, 0.717) is 0 Å². The lowest BCUT2D eigenvalue weighted by atomic mass is 9.79. The average Bonchev–Trinajstić information content (AvgIpc) is 2.65. The molecule has 3 rings (SSSR count).